The third-order valence-electron chi connectivity index (χ3n) is 3.88. The molecule has 1 unspecified atom stereocenters. The maximum absolute atomic E-state index is 6.66. The van der Waals surface area contributed by atoms with Crippen LogP contribution in [0, 0.1) is 0 Å². The summed E-state index contributed by atoms with van der Waals surface area (Å²) in [6.45, 7) is 2.20. The van der Waals surface area contributed by atoms with Crippen LogP contribution in [0.3, 0.4) is 0 Å². The molecule has 3 rings (SSSR count). The summed E-state index contributed by atoms with van der Waals surface area (Å²) in [5.41, 5.74) is 3.69. The molecule has 0 aliphatic rings. The molecule has 3 aromatic carbocycles. The van der Waals surface area contributed by atoms with Crippen molar-refractivity contribution in [3.8, 4) is 0 Å². The van der Waals surface area contributed by atoms with Crippen molar-refractivity contribution < 1.29 is 0 Å². The third-order valence-corrected chi connectivity index (χ3v) is 4.38. The maximum atomic E-state index is 6.66. The van der Waals surface area contributed by atoms with Crippen LogP contribution in [0.4, 0.5) is 0 Å². The Kier molecular flexibility index (Phi) is 4.26. The molecule has 0 heterocycles. The van der Waals surface area contributed by atoms with Crippen LogP contribution in [-0.4, -0.2) is 0 Å². The van der Waals surface area contributed by atoms with E-state index in [9.17, 15) is 0 Å². The zero-order valence-corrected chi connectivity index (χ0v) is 13.0. The number of halogens is 1. The van der Waals surface area contributed by atoms with E-state index in [1.165, 1.54) is 22.8 Å². The van der Waals surface area contributed by atoms with Crippen LogP contribution in [0.2, 0.25) is 0 Å². The highest BCUT2D eigenvalue weighted by atomic mass is 35.5. The molecule has 0 nitrogen and oxygen atoms in total. The van der Waals surface area contributed by atoms with E-state index in [-0.39, 0.29) is 5.38 Å². The Balaban J connectivity index is 1.90. The first-order chi connectivity index (χ1) is 10.3. The standard InChI is InChI=1S/C20H19Cl/c1-2-5-15-8-10-17(11-9-15)20(21)19-13-12-16-6-3-4-7-18(16)14-19/h3-4,6-14,20H,2,5H2,1H3. The molecular formula is C20H19Cl. The molecular weight excluding hydrogens is 276 g/mol. The molecule has 0 radical (unpaired) electrons. The summed E-state index contributed by atoms with van der Waals surface area (Å²) in [6, 6.07) is 23.5. The molecule has 0 N–H and O–H groups in total. The Labute approximate surface area is 131 Å². The summed E-state index contributed by atoms with van der Waals surface area (Å²) in [5, 5.41) is 2.40. The lowest BCUT2D eigenvalue weighted by Gasteiger charge is -2.12. The molecule has 0 fully saturated rings. The molecule has 0 aliphatic heterocycles. The second-order valence-corrected chi connectivity index (χ2v) is 5.90. The summed E-state index contributed by atoms with van der Waals surface area (Å²) in [6.07, 6.45) is 2.30. The largest absolute Gasteiger partial charge is 0.113 e. The molecule has 0 saturated carbocycles. The van der Waals surface area contributed by atoms with Crippen LogP contribution in [-0.2, 0) is 6.42 Å². The first-order valence-electron chi connectivity index (χ1n) is 7.49. The lowest BCUT2D eigenvalue weighted by molar-refractivity contribution is 0.920. The predicted octanol–water partition coefficient (Wildman–Crippen LogP) is 6.12. The van der Waals surface area contributed by atoms with Crippen LogP contribution in [0.25, 0.3) is 10.8 Å². The van der Waals surface area contributed by atoms with Crippen molar-refractivity contribution in [3.63, 3.8) is 0 Å². The fourth-order valence-corrected chi connectivity index (χ4v) is 2.98. The fraction of sp³-hybridized carbons (Fsp3) is 0.200. The highest BCUT2D eigenvalue weighted by Gasteiger charge is 2.11. The highest BCUT2D eigenvalue weighted by molar-refractivity contribution is 6.22. The molecule has 0 amide bonds. The zero-order valence-electron chi connectivity index (χ0n) is 12.2. The van der Waals surface area contributed by atoms with Gasteiger partial charge in [-0.25, -0.2) is 0 Å². The number of alkyl halides is 1. The van der Waals surface area contributed by atoms with Crippen molar-refractivity contribution in [2.45, 2.75) is 25.1 Å². The van der Waals surface area contributed by atoms with E-state index in [1.54, 1.807) is 0 Å². The van der Waals surface area contributed by atoms with Gasteiger partial charge in [-0.15, -0.1) is 11.6 Å². The molecule has 0 bridgehead atoms. The first-order valence-corrected chi connectivity index (χ1v) is 7.93. The van der Waals surface area contributed by atoms with Crippen molar-refractivity contribution in [2.24, 2.45) is 0 Å². The lowest BCUT2D eigenvalue weighted by Crippen LogP contribution is -1.94. The monoisotopic (exact) mass is 294 g/mol. The smallest absolute Gasteiger partial charge is 0.0835 e. The Morgan fingerprint density at radius 1 is 0.810 bits per heavy atom. The van der Waals surface area contributed by atoms with Crippen LogP contribution in [0.5, 0.6) is 0 Å². The third kappa shape index (κ3) is 3.11. The summed E-state index contributed by atoms with van der Waals surface area (Å²) < 4.78 is 0. The molecule has 0 saturated heterocycles. The zero-order chi connectivity index (χ0) is 14.7. The summed E-state index contributed by atoms with van der Waals surface area (Å²) in [5.74, 6) is 0. The first kappa shape index (κ1) is 14.2. The number of hydrogen-bond donors (Lipinski definition) is 0. The van der Waals surface area contributed by atoms with E-state index >= 15 is 0 Å². The van der Waals surface area contributed by atoms with Crippen molar-refractivity contribution in [3.05, 3.63) is 83.4 Å². The second-order valence-electron chi connectivity index (χ2n) is 5.46. The van der Waals surface area contributed by atoms with Crippen LogP contribution >= 0.6 is 11.6 Å². The van der Waals surface area contributed by atoms with E-state index in [0.29, 0.717) is 0 Å². The summed E-state index contributed by atoms with van der Waals surface area (Å²) in [7, 11) is 0. The van der Waals surface area contributed by atoms with Gasteiger partial charge in [-0.1, -0.05) is 74.0 Å². The SMILES string of the molecule is CCCc1ccc(C(Cl)c2ccc3ccccc3c2)cc1. The van der Waals surface area contributed by atoms with Gasteiger partial charge in [0.25, 0.3) is 0 Å². The van der Waals surface area contributed by atoms with Crippen LogP contribution in [0.1, 0.15) is 35.4 Å². The van der Waals surface area contributed by atoms with Crippen molar-refractivity contribution in [1.82, 2.24) is 0 Å². The van der Waals surface area contributed by atoms with Gasteiger partial charge in [-0.3, -0.25) is 0 Å². The topological polar surface area (TPSA) is 0 Å². The molecule has 1 heteroatoms. The Bertz CT molecular complexity index is 728. The fourth-order valence-electron chi connectivity index (χ4n) is 2.70. The lowest BCUT2D eigenvalue weighted by atomic mass is 9.99. The van der Waals surface area contributed by atoms with E-state index in [4.69, 9.17) is 11.6 Å². The van der Waals surface area contributed by atoms with E-state index in [1.807, 2.05) is 0 Å². The average Bonchev–Trinajstić information content (AvgIpc) is 2.55. The molecule has 0 aromatic heterocycles. The van der Waals surface area contributed by atoms with Gasteiger partial charge in [-0.2, -0.15) is 0 Å². The highest BCUT2D eigenvalue weighted by Crippen LogP contribution is 2.31. The van der Waals surface area contributed by atoms with E-state index in [2.05, 4.69) is 73.7 Å². The Hall–Kier alpha value is -1.79. The quantitative estimate of drug-likeness (QED) is 0.508. The minimum absolute atomic E-state index is 0.0923. The normalized spacial score (nSPS) is 12.5. The maximum Gasteiger partial charge on any atom is 0.0835 e. The van der Waals surface area contributed by atoms with Gasteiger partial charge in [0.05, 0.1) is 5.38 Å². The van der Waals surface area contributed by atoms with E-state index < -0.39 is 0 Å². The van der Waals surface area contributed by atoms with Crippen molar-refractivity contribution >= 4 is 22.4 Å². The summed E-state index contributed by atoms with van der Waals surface area (Å²) >= 11 is 6.66. The molecule has 106 valence electrons. The molecule has 0 aliphatic carbocycles. The Morgan fingerprint density at radius 3 is 2.19 bits per heavy atom. The van der Waals surface area contributed by atoms with Gasteiger partial charge in [0.2, 0.25) is 0 Å². The second kappa shape index (κ2) is 6.32. The number of benzene rings is 3. The molecule has 1 atom stereocenters. The van der Waals surface area contributed by atoms with Gasteiger partial charge in [0, 0.05) is 0 Å². The van der Waals surface area contributed by atoms with Gasteiger partial charge in [-0.05, 0) is 39.9 Å². The van der Waals surface area contributed by atoms with Crippen molar-refractivity contribution in [2.75, 3.05) is 0 Å². The molecule has 21 heavy (non-hydrogen) atoms. The van der Waals surface area contributed by atoms with Gasteiger partial charge in [0.1, 0.15) is 0 Å². The van der Waals surface area contributed by atoms with Gasteiger partial charge >= 0.3 is 0 Å². The number of hydrogen-bond acceptors (Lipinski definition) is 0. The minimum atomic E-state index is -0.0923. The van der Waals surface area contributed by atoms with Gasteiger partial charge < -0.3 is 0 Å². The molecule has 3 aromatic rings. The van der Waals surface area contributed by atoms with Gasteiger partial charge in [0.15, 0.2) is 0 Å². The number of fused-ring (bicyclic) bond motifs is 1. The minimum Gasteiger partial charge on any atom is -0.113 e. The average molecular weight is 295 g/mol. The molecule has 0 spiro atoms. The van der Waals surface area contributed by atoms with Crippen LogP contribution in [0.15, 0.2) is 66.7 Å². The number of rotatable bonds is 4. The summed E-state index contributed by atoms with van der Waals surface area (Å²) in [4.78, 5) is 0. The van der Waals surface area contributed by atoms with Crippen molar-refractivity contribution in [1.29, 1.82) is 0 Å². The van der Waals surface area contributed by atoms with E-state index in [0.717, 1.165) is 17.5 Å². The number of aryl methyl sites for hydroxylation is 1. The van der Waals surface area contributed by atoms with Crippen LogP contribution < -0.4 is 0 Å². The predicted molar refractivity (Wildman–Crippen MR) is 92.1 cm³/mol. The Morgan fingerprint density at radius 2 is 1.48 bits per heavy atom.